The van der Waals surface area contributed by atoms with E-state index in [2.05, 4.69) is 20.6 Å². The summed E-state index contributed by atoms with van der Waals surface area (Å²) in [6.45, 7) is 2.57. The first-order chi connectivity index (χ1) is 17.4. The summed E-state index contributed by atoms with van der Waals surface area (Å²) in [5.74, 6) is 1.95. The summed E-state index contributed by atoms with van der Waals surface area (Å²) in [4.78, 5) is 32.2. The van der Waals surface area contributed by atoms with E-state index < -0.39 is 6.09 Å². The Morgan fingerprint density at radius 1 is 1.06 bits per heavy atom. The lowest BCUT2D eigenvalue weighted by Crippen LogP contribution is -2.43. The predicted octanol–water partition coefficient (Wildman–Crippen LogP) is 4.64. The molecule has 36 heavy (non-hydrogen) atoms. The minimum atomic E-state index is -1.00. The quantitative estimate of drug-likeness (QED) is 0.363. The smallest absolute Gasteiger partial charge is 0.404 e. The molecule has 0 bridgehead atoms. The van der Waals surface area contributed by atoms with Gasteiger partial charge in [-0.2, -0.15) is 0 Å². The average Bonchev–Trinajstić information content (AvgIpc) is 3.63. The van der Waals surface area contributed by atoms with Crippen LogP contribution in [-0.2, 0) is 0 Å². The molecule has 9 heteroatoms. The van der Waals surface area contributed by atoms with Crippen LogP contribution in [0.15, 0.2) is 30.5 Å². The number of amides is 2. The number of nitrogens with zero attached hydrogens (tertiary/aromatic N) is 1. The summed E-state index contributed by atoms with van der Waals surface area (Å²) in [6.07, 6.45) is 5.97. The van der Waals surface area contributed by atoms with Gasteiger partial charge in [0.25, 0.3) is 5.91 Å². The monoisotopic (exact) mass is 492 g/mol. The SMILES string of the molecule is COc1ccc(OCC2CC2)c(-c2ccnc3c(C(=O)NC4CCC(NC(=O)O)CC4)c(C)[nH]c23)c1. The third-order valence-corrected chi connectivity index (χ3v) is 7.14. The fourth-order valence-electron chi connectivity index (χ4n) is 4.99. The van der Waals surface area contributed by atoms with Gasteiger partial charge in [0.05, 0.1) is 24.8 Å². The van der Waals surface area contributed by atoms with Crippen LogP contribution in [0.4, 0.5) is 4.79 Å². The van der Waals surface area contributed by atoms with Gasteiger partial charge >= 0.3 is 6.09 Å². The average molecular weight is 493 g/mol. The van der Waals surface area contributed by atoms with E-state index in [0.717, 1.165) is 46.7 Å². The molecule has 4 N–H and O–H groups in total. The van der Waals surface area contributed by atoms with Crippen LogP contribution in [0, 0.1) is 12.8 Å². The number of carbonyl (C=O) groups is 2. The number of nitrogens with one attached hydrogen (secondary N) is 3. The van der Waals surface area contributed by atoms with Crippen molar-refractivity contribution in [1.29, 1.82) is 0 Å². The van der Waals surface area contributed by atoms with Crippen molar-refractivity contribution >= 4 is 23.0 Å². The number of hydrogen-bond acceptors (Lipinski definition) is 5. The summed E-state index contributed by atoms with van der Waals surface area (Å²) in [6, 6.07) is 7.64. The molecule has 2 heterocycles. The molecule has 0 aliphatic heterocycles. The van der Waals surface area contributed by atoms with Crippen molar-refractivity contribution in [2.75, 3.05) is 13.7 Å². The van der Waals surface area contributed by atoms with Crippen LogP contribution < -0.4 is 20.1 Å². The highest BCUT2D eigenvalue weighted by molar-refractivity contribution is 6.09. The third-order valence-electron chi connectivity index (χ3n) is 7.14. The van der Waals surface area contributed by atoms with Crippen molar-refractivity contribution in [3.63, 3.8) is 0 Å². The minimum absolute atomic E-state index is 0.00214. The number of pyridine rings is 1. The number of methoxy groups -OCH3 is 1. The van der Waals surface area contributed by atoms with Gasteiger partial charge in [-0.1, -0.05) is 0 Å². The van der Waals surface area contributed by atoms with Crippen molar-refractivity contribution < 1.29 is 24.2 Å². The first kappa shape index (κ1) is 24.0. The number of carbonyl (C=O) groups excluding carboxylic acids is 1. The summed E-state index contributed by atoms with van der Waals surface area (Å²) in [5.41, 5.74) is 4.44. The van der Waals surface area contributed by atoms with Crippen molar-refractivity contribution in [3.05, 3.63) is 41.7 Å². The number of aryl methyl sites for hydroxylation is 1. The number of aromatic nitrogens is 2. The molecule has 2 saturated carbocycles. The lowest BCUT2D eigenvalue weighted by Gasteiger charge is -2.28. The van der Waals surface area contributed by atoms with E-state index >= 15 is 0 Å². The first-order valence-corrected chi connectivity index (χ1v) is 12.5. The molecule has 0 saturated heterocycles. The number of aromatic amines is 1. The predicted molar refractivity (Wildman–Crippen MR) is 136 cm³/mol. The van der Waals surface area contributed by atoms with Crippen molar-refractivity contribution in [2.45, 2.75) is 57.5 Å². The van der Waals surface area contributed by atoms with E-state index in [-0.39, 0.29) is 18.0 Å². The van der Waals surface area contributed by atoms with Gasteiger partial charge < -0.3 is 30.2 Å². The molecule has 0 unspecified atom stereocenters. The molecule has 5 rings (SSSR count). The van der Waals surface area contributed by atoms with Crippen LogP contribution in [0.2, 0.25) is 0 Å². The van der Waals surface area contributed by atoms with E-state index in [4.69, 9.17) is 14.6 Å². The largest absolute Gasteiger partial charge is 0.497 e. The number of ether oxygens (including phenoxy) is 2. The van der Waals surface area contributed by atoms with Crippen LogP contribution in [0.5, 0.6) is 11.5 Å². The summed E-state index contributed by atoms with van der Waals surface area (Å²) >= 11 is 0. The van der Waals surface area contributed by atoms with Crippen molar-refractivity contribution in [2.24, 2.45) is 5.92 Å². The number of carboxylic acid groups (broad SMARTS) is 1. The fraction of sp³-hybridized carbons (Fsp3) is 0.444. The van der Waals surface area contributed by atoms with Gasteiger partial charge in [-0.3, -0.25) is 9.78 Å². The van der Waals surface area contributed by atoms with Gasteiger partial charge in [0.15, 0.2) is 0 Å². The van der Waals surface area contributed by atoms with E-state index in [1.54, 1.807) is 13.3 Å². The fourth-order valence-corrected chi connectivity index (χ4v) is 4.99. The third kappa shape index (κ3) is 5.10. The Morgan fingerprint density at radius 3 is 2.44 bits per heavy atom. The highest BCUT2D eigenvalue weighted by atomic mass is 16.5. The second-order valence-corrected chi connectivity index (χ2v) is 9.80. The molecule has 2 aliphatic rings. The standard InChI is InChI=1S/C27H32N4O5/c1-15-23(26(32)30-17-5-7-18(8-6-17)31-27(33)34)25-24(29-15)20(11-12-28-25)21-13-19(35-2)9-10-22(21)36-14-16-3-4-16/h9-13,16-18,29,31H,3-8,14H2,1-2H3,(H,30,32)(H,33,34). The normalized spacial score (nSPS) is 19.6. The molecule has 2 amide bonds. The topological polar surface area (TPSA) is 126 Å². The molecule has 0 spiro atoms. The molecule has 3 aromatic rings. The lowest BCUT2D eigenvalue weighted by atomic mass is 9.91. The minimum Gasteiger partial charge on any atom is -0.497 e. The van der Waals surface area contributed by atoms with E-state index in [9.17, 15) is 9.59 Å². The number of H-pyrrole nitrogens is 1. The maximum Gasteiger partial charge on any atom is 0.404 e. The Hall–Kier alpha value is -3.75. The second kappa shape index (κ2) is 10.1. The number of hydrogen-bond donors (Lipinski definition) is 4. The van der Waals surface area contributed by atoms with Crippen molar-refractivity contribution in [3.8, 4) is 22.6 Å². The van der Waals surface area contributed by atoms with E-state index in [1.807, 2.05) is 31.2 Å². The maximum absolute atomic E-state index is 13.3. The van der Waals surface area contributed by atoms with Gasteiger partial charge in [0.1, 0.15) is 17.0 Å². The van der Waals surface area contributed by atoms with Crippen LogP contribution in [0.1, 0.15) is 54.6 Å². The first-order valence-electron chi connectivity index (χ1n) is 12.5. The molecule has 0 radical (unpaired) electrons. The van der Waals surface area contributed by atoms with Crippen molar-refractivity contribution in [1.82, 2.24) is 20.6 Å². The molecular weight excluding hydrogens is 460 g/mol. The number of fused-ring (bicyclic) bond motifs is 1. The Labute approximate surface area is 209 Å². The lowest BCUT2D eigenvalue weighted by molar-refractivity contribution is 0.0924. The number of benzene rings is 1. The zero-order valence-electron chi connectivity index (χ0n) is 20.6. The molecule has 0 atom stereocenters. The van der Waals surface area contributed by atoms with Crippen LogP contribution in [0.25, 0.3) is 22.2 Å². The molecule has 2 fully saturated rings. The second-order valence-electron chi connectivity index (χ2n) is 9.80. The molecule has 2 aromatic heterocycles. The van der Waals surface area contributed by atoms with Gasteiger partial charge in [-0.05, 0) is 75.6 Å². The summed E-state index contributed by atoms with van der Waals surface area (Å²) < 4.78 is 11.6. The zero-order chi connectivity index (χ0) is 25.2. The Bertz CT molecular complexity index is 1270. The Morgan fingerprint density at radius 2 is 1.78 bits per heavy atom. The van der Waals surface area contributed by atoms with E-state index in [0.29, 0.717) is 36.4 Å². The Kier molecular flexibility index (Phi) is 6.71. The zero-order valence-corrected chi connectivity index (χ0v) is 20.6. The maximum atomic E-state index is 13.3. The molecule has 190 valence electrons. The van der Waals surface area contributed by atoms with Gasteiger partial charge in [0, 0.05) is 35.1 Å². The highest BCUT2D eigenvalue weighted by Gasteiger charge is 2.27. The van der Waals surface area contributed by atoms with Crippen LogP contribution in [-0.4, -0.2) is 52.9 Å². The number of rotatable bonds is 8. The summed E-state index contributed by atoms with van der Waals surface area (Å²) in [5, 5.41) is 14.6. The molecular formula is C27H32N4O5. The molecule has 2 aliphatic carbocycles. The van der Waals surface area contributed by atoms with Crippen LogP contribution in [0.3, 0.4) is 0 Å². The highest BCUT2D eigenvalue weighted by Crippen LogP contribution is 2.39. The van der Waals surface area contributed by atoms with Crippen LogP contribution >= 0.6 is 0 Å². The van der Waals surface area contributed by atoms with Gasteiger partial charge in [0.2, 0.25) is 0 Å². The Balaban J connectivity index is 1.41. The van der Waals surface area contributed by atoms with Gasteiger partial charge in [-0.15, -0.1) is 0 Å². The van der Waals surface area contributed by atoms with E-state index in [1.165, 1.54) is 12.8 Å². The molecule has 1 aromatic carbocycles. The molecule has 9 nitrogen and oxygen atoms in total. The summed E-state index contributed by atoms with van der Waals surface area (Å²) in [7, 11) is 1.64. The van der Waals surface area contributed by atoms with Gasteiger partial charge in [-0.25, -0.2) is 4.79 Å².